The van der Waals surface area contributed by atoms with Gasteiger partial charge < -0.3 is 14.2 Å². The van der Waals surface area contributed by atoms with E-state index in [0.717, 1.165) is 11.1 Å². The average molecular weight is 493 g/mol. The standard InChI is InChI=1S/C27H28N2O5S/c1-6-33-26(31)23-17(4)28-27-29(24(23)19-10-12-20(13-11-19)34-16(2)3)25(30)22(35-27)15-18-8-7-9-21(14-18)32-5/h7-16,24H,6H2,1-5H3/b22-15+/t24-/m0/s1. The molecule has 1 aliphatic rings. The maximum absolute atomic E-state index is 13.7. The molecule has 0 aliphatic carbocycles. The number of carbonyl (C=O) groups excluding carboxylic acids is 1. The predicted molar refractivity (Wildman–Crippen MR) is 136 cm³/mol. The van der Waals surface area contributed by atoms with Crippen LogP contribution in [0.4, 0.5) is 0 Å². The Morgan fingerprint density at radius 2 is 1.91 bits per heavy atom. The number of ether oxygens (including phenoxy) is 3. The molecule has 7 nitrogen and oxygen atoms in total. The first-order chi connectivity index (χ1) is 16.8. The van der Waals surface area contributed by atoms with Crippen LogP contribution in [0.2, 0.25) is 0 Å². The molecule has 0 fully saturated rings. The third-order valence-corrected chi connectivity index (χ3v) is 6.46. The zero-order valence-corrected chi connectivity index (χ0v) is 21.2. The number of allylic oxidation sites excluding steroid dienone is 1. The van der Waals surface area contributed by atoms with Crippen molar-refractivity contribution in [1.82, 2.24) is 4.57 Å². The summed E-state index contributed by atoms with van der Waals surface area (Å²) in [5.74, 6) is 0.935. The van der Waals surface area contributed by atoms with Gasteiger partial charge in [0.1, 0.15) is 11.5 Å². The third-order valence-electron chi connectivity index (χ3n) is 5.48. The van der Waals surface area contributed by atoms with E-state index in [1.165, 1.54) is 11.3 Å². The van der Waals surface area contributed by atoms with Gasteiger partial charge in [-0.15, -0.1) is 0 Å². The Morgan fingerprint density at radius 1 is 1.17 bits per heavy atom. The van der Waals surface area contributed by atoms with Crippen LogP contribution in [0.15, 0.2) is 69.6 Å². The molecule has 0 unspecified atom stereocenters. The van der Waals surface area contributed by atoms with Crippen LogP contribution < -0.4 is 24.4 Å². The van der Waals surface area contributed by atoms with Crippen molar-refractivity contribution >= 4 is 23.4 Å². The predicted octanol–water partition coefficient (Wildman–Crippen LogP) is 3.59. The van der Waals surface area contributed by atoms with Crippen LogP contribution in [0.1, 0.15) is 44.9 Å². The minimum Gasteiger partial charge on any atom is -0.497 e. The normalized spacial score (nSPS) is 15.6. The number of methoxy groups -OCH3 is 1. The van der Waals surface area contributed by atoms with Gasteiger partial charge in [0.05, 0.1) is 41.7 Å². The summed E-state index contributed by atoms with van der Waals surface area (Å²) < 4.78 is 18.5. The molecule has 0 spiro atoms. The Labute approximate surface area is 207 Å². The van der Waals surface area contributed by atoms with Crippen molar-refractivity contribution in [2.75, 3.05) is 13.7 Å². The van der Waals surface area contributed by atoms with Crippen LogP contribution in [0.5, 0.6) is 11.5 Å². The van der Waals surface area contributed by atoms with Crippen LogP contribution in [-0.4, -0.2) is 30.4 Å². The van der Waals surface area contributed by atoms with Gasteiger partial charge in [0, 0.05) is 0 Å². The molecular weight excluding hydrogens is 464 g/mol. The summed E-state index contributed by atoms with van der Waals surface area (Å²) in [4.78, 5) is 31.8. The molecule has 4 rings (SSSR count). The summed E-state index contributed by atoms with van der Waals surface area (Å²) in [7, 11) is 1.60. The Balaban J connectivity index is 1.89. The number of carbonyl (C=O) groups is 1. The molecule has 35 heavy (non-hydrogen) atoms. The minimum atomic E-state index is -0.661. The average Bonchev–Trinajstić information content (AvgIpc) is 3.13. The van der Waals surface area contributed by atoms with Gasteiger partial charge in [-0.25, -0.2) is 9.79 Å². The number of rotatable bonds is 7. The maximum Gasteiger partial charge on any atom is 0.338 e. The highest BCUT2D eigenvalue weighted by molar-refractivity contribution is 7.07. The molecule has 0 saturated heterocycles. The third kappa shape index (κ3) is 5.07. The van der Waals surface area contributed by atoms with Crippen molar-refractivity contribution in [2.24, 2.45) is 4.99 Å². The topological polar surface area (TPSA) is 79.1 Å². The second kappa shape index (κ2) is 10.3. The Hall–Kier alpha value is -3.65. The maximum atomic E-state index is 13.7. The number of hydrogen-bond acceptors (Lipinski definition) is 7. The molecule has 0 N–H and O–H groups in total. The van der Waals surface area contributed by atoms with Crippen LogP contribution in [0.3, 0.4) is 0 Å². The van der Waals surface area contributed by atoms with E-state index in [1.807, 2.05) is 68.5 Å². The number of esters is 1. The molecule has 1 aliphatic heterocycles. The molecule has 1 aromatic heterocycles. The molecule has 2 aromatic carbocycles. The molecule has 182 valence electrons. The minimum absolute atomic E-state index is 0.0346. The van der Waals surface area contributed by atoms with Gasteiger partial charge >= 0.3 is 5.97 Å². The summed E-state index contributed by atoms with van der Waals surface area (Å²) in [6.07, 6.45) is 1.85. The first-order valence-electron chi connectivity index (χ1n) is 11.4. The fourth-order valence-corrected chi connectivity index (χ4v) is 5.04. The van der Waals surface area contributed by atoms with Crippen molar-refractivity contribution < 1.29 is 19.0 Å². The lowest BCUT2D eigenvalue weighted by molar-refractivity contribution is -0.139. The lowest BCUT2D eigenvalue weighted by atomic mass is 9.96. The van der Waals surface area contributed by atoms with E-state index in [0.29, 0.717) is 32.1 Å². The SMILES string of the molecule is CCOC(=O)C1=C(C)N=c2s/c(=C/c3cccc(OC)c3)c(=O)n2[C@H]1c1ccc(OC(C)C)cc1. The van der Waals surface area contributed by atoms with E-state index in [-0.39, 0.29) is 18.3 Å². The summed E-state index contributed by atoms with van der Waals surface area (Å²) in [5.41, 5.74) is 2.27. The van der Waals surface area contributed by atoms with Crippen molar-refractivity contribution in [3.05, 3.63) is 90.6 Å². The monoisotopic (exact) mass is 492 g/mol. The number of aromatic nitrogens is 1. The van der Waals surface area contributed by atoms with Gasteiger partial charge in [-0.2, -0.15) is 0 Å². The second-order valence-corrected chi connectivity index (χ2v) is 9.32. The van der Waals surface area contributed by atoms with Crippen LogP contribution in [0.25, 0.3) is 6.08 Å². The highest BCUT2D eigenvalue weighted by atomic mass is 32.1. The van der Waals surface area contributed by atoms with Gasteiger partial charge in [-0.05, 0) is 69.2 Å². The van der Waals surface area contributed by atoms with Crippen molar-refractivity contribution in [1.29, 1.82) is 0 Å². The number of thiazole rings is 1. The Bertz CT molecular complexity index is 1450. The second-order valence-electron chi connectivity index (χ2n) is 8.31. The van der Waals surface area contributed by atoms with Crippen molar-refractivity contribution in [3.8, 4) is 11.5 Å². The molecule has 0 bridgehead atoms. The van der Waals surface area contributed by atoms with E-state index < -0.39 is 12.0 Å². The van der Waals surface area contributed by atoms with Crippen molar-refractivity contribution in [3.63, 3.8) is 0 Å². The van der Waals surface area contributed by atoms with Gasteiger partial charge in [-0.1, -0.05) is 35.6 Å². The first kappa shape index (κ1) is 24.5. The fourth-order valence-electron chi connectivity index (χ4n) is 3.99. The van der Waals surface area contributed by atoms with E-state index >= 15 is 0 Å². The van der Waals surface area contributed by atoms with E-state index in [9.17, 15) is 9.59 Å². The van der Waals surface area contributed by atoms with Gasteiger partial charge in [0.2, 0.25) is 0 Å². The Kier molecular flexibility index (Phi) is 7.21. The van der Waals surface area contributed by atoms with E-state index in [4.69, 9.17) is 14.2 Å². The number of benzene rings is 2. The molecule has 0 saturated carbocycles. The molecular formula is C27H28N2O5S. The lowest BCUT2D eigenvalue weighted by Crippen LogP contribution is -2.39. The zero-order valence-electron chi connectivity index (χ0n) is 20.4. The summed E-state index contributed by atoms with van der Waals surface area (Å²) >= 11 is 1.29. The largest absolute Gasteiger partial charge is 0.497 e. The van der Waals surface area contributed by atoms with E-state index in [1.54, 1.807) is 25.5 Å². The quantitative estimate of drug-likeness (QED) is 0.471. The molecule has 1 atom stereocenters. The van der Waals surface area contributed by atoms with Gasteiger partial charge in [0.15, 0.2) is 4.80 Å². The first-order valence-corrected chi connectivity index (χ1v) is 12.2. The summed E-state index contributed by atoms with van der Waals surface area (Å²) in [6.45, 7) is 7.67. The molecule has 2 heterocycles. The highest BCUT2D eigenvalue weighted by Gasteiger charge is 2.33. The van der Waals surface area contributed by atoms with E-state index in [2.05, 4.69) is 4.99 Å². The van der Waals surface area contributed by atoms with Gasteiger partial charge in [0.25, 0.3) is 5.56 Å². The smallest absolute Gasteiger partial charge is 0.338 e. The van der Waals surface area contributed by atoms with Gasteiger partial charge in [-0.3, -0.25) is 9.36 Å². The fraction of sp³-hybridized carbons (Fsp3) is 0.296. The van der Waals surface area contributed by atoms with Crippen LogP contribution in [-0.2, 0) is 9.53 Å². The van der Waals surface area contributed by atoms with Crippen LogP contribution >= 0.6 is 11.3 Å². The summed E-state index contributed by atoms with van der Waals surface area (Å²) in [5, 5.41) is 0. The highest BCUT2D eigenvalue weighted by Crippen LogP contribution is 2.31. The summed E-state index contributed by atoms with van der Waals surface area (Å²) in [6, 6.07) is 14.3. The number of fused-ring (bicyclic) bond motifs is 1. The molecule has 0 radical (unpaired) electrons. The van der Waals surface area contributed by atoms with Crippen molar-refractivity contribution in [2.45, 2.75) is 39.8 Å². The molecule has 3 aromatic rings. The lowest BCUT2D eigenvalue weighted by Gasteiger charge is -2.25. The molecule has 0 amide bonds. The number of nitrogens with zero attached hydrogens (tertiary/aromatic N) is 2. The Morgan fingerprint density at radius 3 is 2.57 bits per heavy atom. The molecule has 8 heteroatoms. The van der Waals surface area contributed by atoms with Crippen LogP contribution in [0, 0.1) is 0 Å². The zero-order chi connectivity index (χ0) is 25.1. The number of hydrogen-bond donors (Lipinski definition) is 0.